The molecule has 0 aliphatic rings. The molecule has 23 heavy (non-hydrogen) atoms. The van der Waals surface area contributed by atoms with Gasteiger partial charge in [0.05, 0.1) is 0 Å². The second-order valence-corrected chi connectivity index (χ2v) is 5.08. The van der Waals surface area contributed by atoms with Crippen molar-refractivity contribution in [3.8, 4) is 0 Å². The number of carboxylic acid groups (broad SMARTS) is 1. The first-order valence-corrected chi connectivity index (χ1v) is 6.91. The van der Waals surface area contributed by atoms with E-state index in [-0.39, 0.29) is 12.1 Å². The minimum Gasteiger partial charge on any atom is -0.480 e. The highest BCUT2D eigenvalue weighted by atomic mass is 16.4. The van der Waals surface area contributed by atoms with E-state index in [2.05, 4.69) is 15.3 Å². The fourth-order valence-electron chi connectivity index (χ4n) is 2.43. The average molecular weight is 314 g/mol. The molecule has 0 aliphatic heterocycles. The van der Waals surface area contributed by atoms with Crippen LogP contribution in [0.25, 0.3) is 10.9 Å². The standard InChI is InChI=1S/C15H14N4O4/c20-13-12(7-17-15(23)19-13)18-11(14(21)22)5-8-6-16-10-4-2-1-3-9(8)10/h1-4,6-7,11,16,18H,5H2,(H,21,22)(H2,17,19,20,23)/t11-/m0/s1. The number of hydrogen-bond acceptors (Lipinski definition) is 4. The van der Waals surface area contributed by atoms with Crippen LogP contribution in [-0.2, 0) is 11.2 Å². The molecule has 1 atom stereocenters. The highest BCUT2D eigenvalue weighted by Gasteiger charge is 2.20. The Bertz CT molecular complexity index is 969. The maximum atomic E-state index is 11.7. The van der Waals surface area contributed by atoms with Gasteiger partial charge in [0.1, 0.15) is 11.7 Å². The number of aromatic amines is 3. The van der Waals surface area contributed by atoms with Gasteiger partial charge in [-0.15, -0.1) is 0 Å². The maximum Gasteiger partial charge on any atom is 0.326 e. The largest absolute Gasteiger partial charge is 0.480 e. The number of para-hydroxylation sites is 1. The van der Waals surface area contributed by atoms with Crippen LogP contribution < -0.4 is 16.6 Å². The van der Waals surface area contributed by atoms with Gasteiger partial charge in [0, 0.05) is 29.7 Å². The first-order valence-electron chi connectivity index (χ1n) is 6.91. The van der Waals surface area contributed by atoms with Gasteiger partial charge >= 0.3 is 11.7 Å². The summed E-state index contributed by atoms with van der Waals surface area (Å²) in [7, 11) is 0. The van der Waals surface area contributed by atoms with Crippen LogP contribution in [0.2, 0.25) is 0 Å². The molecule has 118 valence electrons. The molecule has 5 N–H and O–H groups in total. The Morgan fingerprint density at radius 1 is 1.17 bits per heavy atom. The second-order valence-electron chi connectivity index (χ2n) is 5.08. The lowest BCUT2D eigenvalue weighted by Gasteiger charge is -2.14. The van der Waals surface area contributed by atoms with Gasteiger partial charge in [-0.3, -0.25) is 9.78 Å². The number of rotatable bonds is 5. The predicted molar refractivity (Wildman–Crippen MR) is 84.7 cm³/mol. The number of H-pyrrole nitrogens is 3. The number of fused-ring (bicyclic) bond motifs is 1. The Balaban J connectivity index is 1.89. The van der Waals surface area contributed by atoms with Crippen LogP contribution in [0.3, 0.4) is 0 Å². The molecular formula is C15H14N4O4. The number of nitrogens with one attached hydrogen (secondary N) is 4. The molecule has 0 spiro atoms. The third kappa shape index (κ3) is 3.00. The van der Waals surface area contributed by atoms with E-state index < -0.39 is 23.3 Å². The summed E-state index contributed by atoms with van der Waals surface area (Å²) < 4.78 is 0. The van der Waals surface area contributed by atoms with Gasteiger partial charge in [-0.25, -0.2) is 9.59 Å². The van der Waals surface area contributed by atoms with Crippen LogP contribution in [-0.4, -0.2) is 32.1 Å². The van der Waals surface area contributed by atoms with Crippen molar-refractivity contribution in [1.82, 2.24) is 15.0 Å². The van der Waals surface area contributed by atoms with Crippen molar-refractivity contribution in [1.29, 1.82) is 0 Å². The van der Waals surface area contributed by atoms with E-state index in [1.165, 1.54) is 0 Å². The summed E-state index contributed by atoms with van der Waals surface area (Å²) in [6.45, 7) is 0. The molecule has 0 amide bonds. The molecule has 0 fully saturated rings. The lowest BCUT2D eigenvalue weighted by atomic mass is 10.0. The van der Waals surface area contributed by atoms with Crippen LogP contribution in [0.1, 0.15) is 5.56 Å². The number of carboxylic acids is 1. The lowest BCUT2D eigenvalue weighted by molar-refractivity contribution is -0.137. The van der Waals surface area contributed by atoms with Gasteiger partial charge in [0.2, 0.25) is 0 Å². The van der Waals surface area contributed by atoms with Crippen molar-refractivity contribution in [3.05, 3.63) is 63.1 Å². The van der Waals surface area contributed by atoms with Gasteiger partial charge in [-0.05, 0) is 11.6 Å². The van der Waals surface area contributed by atoms with Crippen molar-refractivity contribution in [2.75, 3.05) is 5.32 Å². The van der Waals surface area contributed by atoms with Crippen LogP contribution in [0, 0.1) is 0 Å². The van der Waals surface area contributed by atoms with Crippen molar-refractivity contribution in [2.45, 2.75) is 12.5 Å². The Labute approximate surface area is 129 Å². The Morgan fingerprint density at radius 2 is 1.96 bits per heavy atom. The van der Waals surface area contributed by atoms with Crippen molar-refractivity contribution < 1.29 is 9.90 Å². The van der Waals surface area contributed by atoms with E-state index >= 15 is 0 Å². The van der Waals surface area contributed by atoms with Crippen molar-refractivity contribution in [2.24, 2.45) is 0 Å². The fraction of sp³-hybridized carbons (Fsp3) is 0.133. The highest BCUT2D eigenvalue weighted by molar-refractivity contribution is 5.85. The highest BCUT2D eigenvalue weighted by Crippen LogP contribution is 2.19. The third-order valence-corrected chi connectivity index (χ3v) is 3.55. The number of benzene rings is 1. The van der Waals surface area contributed by atoms with Crippen LogP contribution in [0.4, 0.5) is 5.69 Å². The molecule has 0 saturated carbocycles. The summed E-state index contributed by atoms with van der Waals surface area (Å²) >= 11 is 0. The number of carbonyl (C=O) groups is 1. The third-order valence-electron chi connectivity index (χ3n) is 3.55. The minimum atomic E-state index is -1.10. The second kappa shape index (κ2) is 5.84. The number of hydrogen-bond donors (Lipinski definition) is 5. The summed E-state index contributed by atoms with van der Waals surface area (Å²) in [6, 6.07) is 6.54. The zero-order chi connectivity index (χ0) is 16.4. The van der Waals surface area contributed by atoms with E-state index in [0.29, 0.717) is 0 Å². The average Bonchev–Trinajstić information content (AvgIpc) is 2.92. The van der Waals surface area contributed by atoms with Crippen molar-refractivity contribution in [3.63, 3.8) is 0 Å². The van der Waals surface area contributed by atoms with Crippen LogP contribution in [0.15, 0.2) is 46.2 Å². The minimum absolute atomic E-state index is 0.00292. The molecule has 3 rings (SSSR count). The van der Waals surface area contributed by atoms with Gasteiger partial charge in [0.15, 0.2) is 0 Å². The fourth-order valence-corrected chi connectivity index (χ4v) is 2.43. The molecule has 0 radical (unpaired) electrons. The molecule has 0 aliphatic carbocycles. The summed E-state index contributed by atoms with van der Waals surface area (Å²) in [5, 5.41) is 13.0. The molecule has 0 bridgehead atoms. The topological polar surface area (TPSA) is 131 Å². The Kier molecular flexibility index (Phi) is 3.71. The first kappa shape index (κ1) is 14.6. The van der Waals surface area contributed by atoms with E-state index in [1.54, 1.807) is 6.20 Å². The molecule has 3 aromatic rings. The monoisotopic (exact) mass is 314 g/mol. The van der Waals surface area contributed by atoms with Gasteiger partial charge in [-0.1, -0.05) is 18.2 Å². The Hall–Kier alpha value is -3.29. The molecule has 8 heteroatoms. The molecule has 8 nitrogen and oxygen atoms in total. The lowest BCUT2D eigenvalue weighted by Crippen LogP contribution is -2.35. The molecule has 0 saturated heterocycles. The zero-order valence-corrected chi connectivity index (χ0v) is 11.9. The molecule has 0 unspecified atom stereocenters. The van der Waals surface area contributed by atoms with Crippen molar-refractivity contribution >= 4 is 22.6 Å². The zero-order valence-electron chi connectivity index (χ0n) is 11.9. The number of aromatic nitrogens is 3. The van der Waals surface area contributed by atoms with E-state index in [1.807, 2.05) is 29.2 Å². The number of aliphatic carboxylic acids is 1. The van der Waals surface area contributed by atoms with Gasteiger partial charge < -0.3 is 20.4 Å². The molecular weight excluding hydrogens is 300 g/mol. The van der Waals surface area contributed by atoms with E-state index in [0.717, 1.165) is 22.7 Å². The Morgan fingerprint density at radius 3 is 2.70 bits per heavy atom. The quantitative estimate of drug-likeness (QED) is 0.472. The van der Waals surface area contributed by atoms with Gasteiger partial charge in [-0.2, -0.15) is 0 Å². The SMILES string of the molecule is O=C(O)[C@H](Cc1c[nH]c2ccccc12)Nc1c[nH]c(=O)[nH]c1=O. The summed E-state index contributed by atoms with van der Waals surface area (Å²) in [5.74, 6) is -1.10. The summed E-state index contributed by atoms with van der Waals surface area (Å²) in [4.78, 5) is 41.6. The van der Waals surface area contributed by atoms with Gasteiger partial charge in [0.25, 0.3) is 5.56 Å². The number of anilines is 1. The predicted octanol–water partition coefficient (Wildman–Crippen LogP) is 0.652. The van der Waals surface area contributed by atoms with Crippen LogP contribution >= 0.6 is 0 Å². The smallest absolute Gasteiger partial charge is 0.326 e. The first-order chi connectivity index (χ1) is 11.0. The maximum absolute atomic E-state index is 11.7. The van der Waals surface area contributed by atoms with E-state index in [9.17, 15) is 19.5 Å². The normalized spacial score (nSPS) is 12.2. The molecule has 1 aromatic carbocycles. The molecule has 2 aromatic heterocycles. The van der Waals surface area contributed by atoms with Crippen LogP contribution in [0.5, 0.6) is 0 Å². The van der Waals surface area contributed by atoms with E-state index in [4.69, 9.17) is 0 Å². The summed E-state index contributed by atoms with van der Waals surface area (Å²) in [5.41, 5.74) is 0.412. The summed E-state index contributed by atoms with van der Waals surface area (Å²) in [6.07, 6.45) is 3.09. The molecule has 2 heterocycles.